The molecular weight excluding hydrogens is 302 g/mol. The van der Waals surface area contributed by atoms with Crippen LogP contribution in [0, 0.1) is 18.3 Å². The van der Waals surface area contributed by atoms with E-state index in [2.05, 4.69) is 26.0 Å². The van der Waals surface area contributed by atoms with Crippen LogP contribution in [0.25, 0.3) is 0 Å². The predicted octanol–water partition coefficient (Wildman–Crippen LogP) is 2.23. The van der Waals surface area contributed by atoms with Crippen molar-refractivity contribution in [1.29, 1.82) is 5.26 Å². The van der Waals surface area contributed by atoms with E-state index in [-0.39, 0.29) is 0 Å². The standard InChI is InChI=1S/C15H16ClN5O/c1-11-18-14(19-22-11)10-20-5-7-21(8-6-20)15-12(9-17)3-2-4-13(15)16/h2-4H,5-8,10H2,1H3. The molecule has 6 nitrogen and oxygen atoms in total. The molecule has 0 N–H and O–H groups in total. The third-order valence-electron chi connectivity index (χ3n) is 3.73. The van der Waals surface area contributed by atoms with Gasteiger partial charge in [-0.1, -0.05) is 22.8 Å². The lowest BCUT2D eigenvalue weighted by Crippen LogP contribution is -2.46. The maximum atomic E-state index is 9.25. The molecule has 0 aliphatic carbocycles. The number of benzene rings is 1. The molecule has 1 aromatic carbocycles. The third-order valence-corrected chi connectivity index (χ3v) is 4.04. The van der Waals surface area contributed by atoms with Gasteiger partial charge in [-0.2, -0.15) is 10.2 Å². The van der Waals surface area contributed by atoms with Gasteiger partial charge in [0.05, 0.1) is 22.8 Å². The first-order valence-corrected chi connectivity index (χ1v) is 7.50. The van der Waals surface area contributed by atoms with Crippen molar-refractivity contribution in [1.82, 2.24) is 15.0 Å². The summed E-state index contributed by atoms with van der Waals surface area (Å²) in [4.78, 5) is 8.66. The Kier molecular flexibility index (Phi) is 4.27. The van der Waals surface area contributed by atoms with Crippen LogP contribution in [0.3, 0.4) is 0 Å². The van der Waals surface area contributed by atoms with Crippen molar-refractivity contribution in [2.45, 2.75) is 13.5 Å². The summed E-state index contributed by atoms with van der Waals surface area (Å²) in [5.74, 6) is 1.30. The highest BCUT2D eigenvalue weighted by Gasteiger charge is 2.22. The second kappa shape index (κ2) is 6.34. The van der Waals surface area contributed by atoms with Gasteiger partial charge in [0.2, 0.25) is 5.89 Å². The molecule has 1 aliphatic rings. The molecule has 3 rings (SSSR count). The van der Waals surface area contributed by atoms with Crippen LogP contribution in [-0.2, 0) is 6.54 Å². The highest BCUT2D eigenvalue weighted by atomic mass is 35.5. The van der Waals surface area contributed by atoms with Crippen LogP contribution in [-0.4, -0.2) is 41.2 Å². The summed E-state index contributed by atoms with van der Waals surface area (Å²) in [5.41, 5.74) is 1.46. The molecule has 2 heterocycles. The van der Waals surface area contributed by atoms with Crippen molar-refractivity contribution in [3.63, 3.8) is 0 Å². The zero-order chi connectivity index (χ0) is 15.5. The smallest absolute Gasteiger partial charge is 0.223 e. The monoisotopic (exact) mass is 317 g/mol. The predicted molar refractivity (Wildman–Crippen MR) is 82.7 cm³/mol. The van der Waals surface area contributed by atoms with Gasteiger partial charge >= 0.3 is 0 Å². The SMILES string of the molecule is Cc1nc(CN2CCN(c3c(Cl)cccc3C#N)CC2)no1. The van der Waals surface area contributed by atoms with Gasteiger partial charge in [-0.05, 0) is 12.1 Å². The molecule has 114 valence electrons. The second-order valence-electron chi connectivity index (χ2n) is 5.24. The van der Waals surface area contributed by atoms with E-state index in [0.717, 1.165) is 31.9 Å². The molecule has 7 heteroatoms. The highest BCUT2D eigenvalue weighted by Crippen LogP contribution is 2.30. The van der Waals surface area contributed by atoms with E-state index < -0.39 is 0 Å². The Hall–Kier alpha value is -2.10. The second-order valence-corrected chi connectivity index (χ2v) is 5.65. The van der Waals surface area contributed by atoms with Crippen LogP contribution in [0.5, 0.6) is 0 Å². The number of aryl methyl sites for hydroxylation is 1. The lowest BCUT2D eigenvalue weighted by molar-refractivity contribution is 0.240. The summed E-state index contributed by atoms with van der Waals surface area (Å²) in [5, 5.41) is 13.8. The topological polar surface area (TPSA) is 69.2 Å². The first kappa shape index (κ1) is 14.8. The van der Waals surface area contributed by atoms with Gasteiger partial charge in [0, 0.05) is 33.1 Å². The summed E-state index contributed by atoms with van der Waals surface area (Å²) in [7, 11) is 0. The average Bonchev–Trinajstić information content (AvgIpc) is 2.93. The molecule has 1 aliphatic heterocycles. The Morgan fingerprint density at radius 2 is 2.09 bits per heavy atom. The van der Waals surface area contributed by atoms with Crippen LogP contribution >= 0.6 is 11.6 Å². The van der Waals surface area contributed by atoms with Gasteiger partial charge in [0.15, 0.2) is 5.82 Å². The Morgan fingerprint density at radius 1 is 1.32 bits per heavy atom. The number of rotatable bonds is 3. The minimum atomic E-state index is 0.586. The van der Waals surface area contributed by atoms with Crippen molar-refractivity contribution in [3.8, 4) is 6.07 Å². The van der Waals surface area contributed by atoms with E-state index in [1.54, 1.807) is 19.1 Å². The number of para-hydroxylation sites is 1. The Bertz CT molecular complexity index is 700. The maximum absolute atomic E-state index is 9.25. The van der Waals surface area contributed by atoms with Crippen molar-refractivity contribution in [2.75, 3.05) is 31.1 Å². The fourth-order valence-corrected chi connectivity index (χ4v) is 2.96. The molecule has 0 amide bonds. The molecule has 0 bridgehead atoms. The average molecular weight is 318 g/mol. The van der Waals surface area contributed by atoms with Gasteiger partial charge in [-0.15, -0.1) is 0 Å². The van der Waals surface area contributed by atoms with Gasteiger partial charge < -0.3 is 9.42 Å². The molecule has 0 spiro atoms. The quantitative estimate of drug-likeness (QED) is 0.864. The molecule has 0 radical (unpaired) electrons. The van der Waals surface area contributed by atoms with Crippen molar-refractivity contribution in [3.05, 3.63) is 40.5 Å². The molecule has 22 heavy (non-hydrogen) atoms. The summed E-state index contributed by atoms with van der Waals surface area (Å²) >= 11 is 6.27. The first-order valence-electron chi connectivity index (χ1n) is 7.12. The lowest BCUT2D eigenvalue weighted by Gasteiger charge is -2.36. The van der Waals surface area contributed by atoms with Crippen LogP contribution in [0.1, 0.15) is 17.3 Å². The van der Waals surface area contributed by atoms with Gasteiger partial charge in [-0.3, -0.25) is 4.90 Å². The van der Waals surface area contributed by atoms with E-state index in [4.69, 9.17) is 16.1 Å². The zero-order valence-corrected chi connectivity index (χ0v) is 13.0. The van der Waals surface area contributed by atoms with Crippen LogP contribution < -0.4 is 4.90 Å². The number of anilines is 1. The van der Waals surface area contributed by atoms with E-state index >= 15 is 0 Å². The van der Waals surface area contributed by atoms with Crippen molar-refractivity contribution < 1.29 is 4.52 Å². The number of nitrogens with zero attached hydrogens (tertiary/aromatic N) is 5. The van der Waals surface area contributed by atoms with E-state index in [1.807, 2.05) is 6.07 Å². The number of halogens is 1. The molecule has 0 unspecified atom stereocenters. The zero-order valence-electron chi connectivity index (χ0n) is 12.3. The molecular formula is C15H16ClN5O. The minimum absolute atomic E-state index is 0.586. The van der Waals surface area contributed by atoms with Gasteiger partial charge in [0.1, 0.15) is 6.07 Å². The fourth-order valence-electron chi connectivity index (χ4n) is 2.66. The first-order chi connectivity index (χ1) is 10.7. The van der Waals surface area contributed by atoms with Crippen LogP contribution in [0.2, 0.25) is 5.02 Å². The highest BCUT2D eigenvalue weighted by molar-refractivity contribution is 6.33. The van der Waals surface area contributed by atoms with E-state index in [9.17, 15) is 5.26 Å². The summed E-state index contributed by atoms with van der Waals surface area (Å²) < 4.78 is 4.99. The van der Waals surface area contributed by atoms with Crippen molar-refractivity contribution in [2.24, 2.45) is 0 Å². The Labute approximate surface area is 133 Å². The van der Waals surface area contributed by atoms with Crippen LogP contribution in [0.4, 0.5) is 5.69 Å². The molecule has 2 aromatic rings. The van der Waals surface area contributed by atoms with Gasteiger partial charge in [0.25, 0.3) is 0 Å². The Balaban J connectivity index is 1.66. The fraction of sp³-hybridized carbons (Fsp3) is 0.400. The molecule has 1 aromatic heterocycles. The molecule has 1 saturated heterocycles. The van der Waals surface area contributed by atoms with E-state index in [0.29, 0.717) is 28.8 Å². The van der Waals surface area contributed by atoms with Crippen molar-refractivity contribution >= 4 is 17.3 Å². The summed E-state index contributed by atoms with van der Waals surface area (Å²) in [6.07, 6.45) is 0. The number of hydrogen-bond donors (Lipinski definition) is 0. The van der Waals surface area contributed by atoms with Crippen LogP contribution in [0.15, 0.2) is 22.7 Å². The maximum Gasteiger partial charge on any atom is 0.223 e. The normalized spacial score (nSPS) is 15.8. The number of piperazine rings is 1. The largest absolute Gasteiger partial charge is 0.367 e. The molecule has 0 atom stereocenters. The number of nitriles is 1. The van der Waals surface area contributed by atoms with Gasteiger partial charge in [-0.25, -0.2) is 0 Å². The summed E-state index contributed by atoms with van der Waals surface area (Å²) in [6.45, 7) is 5.83. The lowest BCUT2D eigenvalue weighted by atomic mass is 10.1. The number of aromatic nitrogens is 2. The van der Waals surface area contributed by atoms with E-state index in [1.165, 1.54) is 0 Å². The third kappa shape index (κ3) is 3.06. The molecule has 1 fully saturated rings. The summed E-state index contributed by atoms with van der Waals surface area (Å²) in [6, 6.07) is 7.65. The molecule has 0 saturated carbocycles. The Morgan fingerprint density at radius 3 is 2.73 bits per heavy atom. The minimum Gasteiger partial charge on any atom is -0.367 e. The number of hydrogen-bond acceptors (Lipinski definition) is 6.